The highest BCUT2D eigenvalue weighted by Gasteiger charge is 2.30. The quantitative estimate of drug-likeness (QED) is 0.309. The molecule has 0 heterocycles. The summed E-state index contributed by atoms with van der Waals surface area (Å²) in [4.78, 5) is 11.9. The van der Waals surface area contributed by atoms with Crippen LogP contribution in [0.25, 0.3) is 0 Å². The second-order valence-corrected chi connectivity index (χ2v) is 7.54. The minimum Gasteiger partial charge on any atom is -0.488 e. The smallest absolute Gasteiger partial charge is 0.416 e. The summed E-state index contributed by atoms with van der Waals surface area (Å²) in [5.41, 5.74) is 3.49. The summed E-state index contributed by atoms with van der Waals surface area (Å²) in [6, 6.07) is 19.7. The lowest BCUT2D eigenvalue weighted by molar-refractivity contribution is -0.137. The Morgan fingerprint density at radius 3 is 2.53 bits per heavy atom. The molecule has 0 aliphatic rings. The van der Waals surface area contributed by atoms with Crippen LogP contribution < -0.4 is 15.5 Å². The number of carbonyl (C=O) groups is 1. The molecular weight excluding hydrogens is 487 g/mol. The number of amides is 1. The van der Waals surface area contributed by atoms with E-state index in [1.807, 2.05) is 30.3 Å². The van der Waals surface area contributed by atoms with E-state index in [4.69, 9.17) is 4.74 Å². The van der Waals surface area contributed by atoms with Gasteiger partial charge in [0.2, 0.25) is 0 Å². The van der Waals surface area contributed by atoms with Crippen molar-refractivity contribution < 1.29 is 22.7 Å². The fourth-order valence-corrected chi connectivity index (χ4v) is 3.17. The number of hydrazone groups is 1. The predicted molar refractivity (Wildman–Crippen MR) is 121 cm³/mol. The van der Waals surface area contributed by atoms with Crippen molar-refractivity contribution in [3.8, 4) is 5.75 Å². The molecule has 32 heavy (non-hydrogen) atoms. The van der Waals surface area contributed by atoms with Gasteiger partial charge >= 0.3 is 6.18 Å². The molecule has 0 radical (unpaired) electrons. The molecule has 0 spiro atoms. The molecule has 3 aromatic carbocycles. The Balaban J connectivity index is 1.48. The number of ether oxygens (including phenoxy) is 1. The lowest BCUT2D eigenvalue weighted by Crippen LogP contribution is -2.26. The number of hydrogen-bond donors (Lipinski definition) is 2. The molecule has 0 unspecified atom stereocenters. The highest BCUT2D eigenvalue weighted by atomic mass is 79.9. The van der Waals surface area contributed by atoms with Crippen LogP contribution in [-0.4, -0.2) is 18.7 Å². The van der Waals surface area contributed by atoms with E-state index < -0.39 is 17.6 Å². The summed E-state index contributed by atoms with van der Waals surface area (Å²) in [5.74, 6) is 0.167. The zero-order valence-corrected chi connectivity index (χ0v) is 18.3. The number of rotatable bonds is 8. The Labute approximate surface area is 191 Å². The topological polar surface area (TPSA) is 62.7 Å². The molecule has 1 amide bonds. The molecule has 0 aliphatic heterocycles. The normalized spacial score (nSPS) is 11.4. The van der Waals surface area contributed by atoms with Gasteiger partial charge in [-0.3, -0.25) is 4.79 Å². The summed E-state index contributed by atoms with van der Waals surface area (Å²) in [6.45, 7) is 0.205. The first kappa shape index (κ1) is 23.3. The van der Waals surface area contributed by atoms with E-state index in [9.17, 15) is 18.0 Å². The summed E-state index contributed by atoms with van der Waals surface area (Å²) in [6.07, 6.45) is -2.99. The molecular formula is C23H19BrF3N3O2. The molecule has 5 nitrogen and oxygen atoms in total. The third-order valence-electron chi connectivity index (χ3n) is 4.24. The third-order valence-corrected chi connectivity index (χ3v) is 4.86. The van der Waals surface area contributed by atoms with Crippen molar-refractivity contribution >= 4 is 33.7 Å². The van der Waals surface area contributed by atoms with Crippen LogP contribution in [0.1, 0.15) is 16.7 Å². The van der Waals surface area contributed by atoms with Crippen molar-refractivity contribution in [2.24, 2.45) is 5.10 Å². The third kappa shape index (κ3) is 7.12. The van der Waals surface area contributed by atoms with Gasteiger partial charge in [-0.2, -0.15) is 18.3 Å². The van der Waals surface area contributed by atoms with E-state index in [0.717, 1.165) is 27.7 Å². The Hall–Kier alpha value is -3.33. The number of alkyl halides is 3. The van der Waals surface area contributed by atoms with Gasteiger partial charge in [-0.25, -0.2) is 5.43 Å². The molecule has 0 saturated heterocycles. The first-order chi connectivity index (χ1) is 15.3. The molecule has 0 aliphatic carbocycles. The number of benzene rings is 3. The van der Waals surface area contributed by atoms with Crippen LogP contribution in [0.4, 0.5) is 18.9 Å². The summed E-state index contributed by atoms with van der Waals surface area (Å²) in [7, 11) is 0. The minimum absolute atomic E-state index is 0.189. The number of carbonyl (C=O) groups excluding carboxylic acids is 1. The van der Waals surface area contributed by atoms with Gasteiger partial charge in [0.25, 0.3) is 5.91 Å². The average molecular weight is 506 g/mol. The summed E-state index contributed by atoms with van der Waals surface area (Å²) in [5, 5.41) is 6.51. The van der Waals surface area contributed by atoms with Crippen LogP contribution in [0, 0.1) is 0 Å². The average Bonchev–Trinajstić information content (AvgIpc) is 2.77. The van der Waals surface area contributed by atoms with E-state index in [1.54, 1.807) is 18.2 Å². The maximum Gasteiger partial charge on any atom is 0.416 e. The van der Waals surface area contributed by atoms with Crippen LogP contribution in [0.2, 0.25) is 0 Å². The number of halogens is 4. The summed E-state index contributed by atoms with van der Waals surface area (Å²) >= 11 is 3.45. The zero-order chi connectivity index (χ0) is 23.0. The van der Waals surface area contributed by atoms with Gasteiger partial charge in [-0.1, -0.05) is 36.4 Å². The van der Waals surface area contributed by atoms with E-state index in [1.165, 1.54) is 18.3 Å². The van der Waals surface area contributed by atoms with Gasteiger partial charge in [0, 0.05) is 5.69 Å². The number of hydrogen-bond acceptors (Lipinski definition) is 4. The van der Waals surface area contributed by atoms with Gasteiger partial charge in [0.1, 0.15) is 12.4 Å². The van der Waals surface area contributed by atoms with Crippen LogP contribution in [0.15, 0.2) is 82.4 Å². The van der Waals surface area contributed by atoms with Crippen molar-refractivity contribution in [2.45, 2.75) is 12.8 Å². The van der Waals surface area contributed by atoms with Gasteiger partial charge in [-0.05, 0) is 63.5 Å². The van der Waals surface area contributed by atoms with E-state index >= 15 is 0 Å². The maximum absolute atomic E-state index is 12.7. The van der Waals surface area contributed by atoms with Crippen molar-refractivity contribution in [3.05, 3.63) is 94.0 Å². The molecule has 3 aromatic rings. The SMILES string of the molecule is O=C(CNc1cccc(C(F)(F)F)c1)N/N=C\c1ccc(OCc2ccccc2)c(Br)c1. The Morgan fingerprint density at radius 1 is 1.03 bits per heavy atom. The van der Waals surface area contributed by atoms with Crippen LogP contribution in [-0.2, 0) is 17.6 Å². The van der Waals surface area contributed by atoms with Gasteiger partial charge in [0.05, 0.1) is 22.8 Å². The Morgan fingerprint density at radius 2 is 1.81 bits per heavy atom. The zero-order valence-electron chi connectivity index (χ0n) is 16.7. The number of nitrogens with zero attached hydrogens (tertiary/aromatic N) is 1. The van der Waals surface area contributed by atoms with Crippen LogP contribution in [0.5, 0.6) is 5.75 Å². The molecule has 0 aromatic heterocycles. The van der Waals surface area contributed by atoms with Gasteiger partial charge in [0.15, 0.2) is 0 Å². The van der Waals surface area contributed by atoms with Crippen molar-refractivity contribution in [3.63, 3.8) is 0 Å². The fraction of sp³-hybridized carbons (Fsp3) is 0.130. The molecule has 9 heteroatoms. The fourth-order valence-electron chi connectivity index (χ4n) is 2.66. The lowest BCUT2D eigenvalue weighted by atomic mass is 10.2. The van der Waals surface area contributed by atoms with Gasteiger partial charge in [-0.15, -0.1) is 0 Å². The number of nitrogens with one attached hydrogen (secondary N) is 2. The molecule has 2 N–H and O–H groups in total. The van der Waals surface area contributed by atoms with Crippen LogP contribution in [0.3, 0.4) is 0 Å². The van der Waals surface area contributed by atoms with Gasteiger partial charge < -0.3 is 10.1 Å². The standard InChI is InChI=1S/C23H19BrF3N3O2/c24-20-11-17(9-10-21(20)32-15-16-5-2-1-3-6-16)13-29-30-22(31)14-28-19-8-4-7-18(12-19)23(25,26)27/h1-13,28H,14-15H2,(H,30,31)/b29-13-. The molecule has 0 atom stereocenters. The van der Waals surface area contributed by atoms with Crippen molar-refractivity contribution in [1.29, 1.82) is 0 Å². The van der Waals surface area contributed by atoms with E-state index in [2.05, 4.69) is 31.8 Å². The molecule has 3 rings (SSSR count). The Kier molecular flexibility index (Phi) is 7.88. The molecule has 0 fully saturated rings. The van der Waals surface area contributed by atoms with Crippen molar-refractivity contribution in [1.82, 2.24) is 5.43 Å². The second-order valence-electron chi connectivity index (χ2n) is 6.69. The number of anilines is 1. The van der Waals surface area contributed by atoms with E-state index in [-0.39, 0.29) is 12.2 Å². The predicted octanol–water partition coefficient (Wildman–Crippen LogP) is 5.61. The van der Waals surface area contributed by atoms with Crippen LogP contribution >= 0.6 is 15.9 Å². The first-order valence-electron chi connectivity index (χ1n) is 9.50. The highest BCUT2D eigenvalue weighted by Crippen LogP contribution is 2.30. The monoisotopic (exact) mass is 505 g/mol. The van der Waals surface area contributed by atoms with Crippen molar-refractivity contribution in [2.75, 3.05) is 11.9 Å². The first-order valence-corrected chi connectivity index (χ1v) is 10.3. The highest BCUT2D eigenvalue weighted by molar-refractivity contribution is 9.10. The maximum atomic E-state index is 12.7. The molecule has 166 valence electrons. The van der Waals surface area contributed by atoms with E-state index in [0.29, 0.717) is 12.4 Å². The minimum atomic E-state index is -4.44. The summed E-state index contributed by atoms with van der Waals surface area (Å²) < 4.78 is 44.7. The lowest BCUT2D eigenvalue weighted by Gasteiger charge is -2.10. The second kappa shape index (κ2) is 10.8. The molecule has 0 bridgehead atoms. The Bertz CT molecular complexity index is 1090. The molecule has 0 saturated carbocycles. The largest absolute Gasteiger partial charge is 0.488 e.